The Labute approximate surface area is 164 Å². The van der Waals surface area contributed by atoms with E-state index in [0.29, 0.717) is 13.1 Å². The summed E-state index contributed by atoms with van der Waals surface area (Å²) in [7, 11) is 0. The molecule has 2 saturated heterocycles. The number of para-hydroxylation sites is 1. The van der Waals surface area contributed by atoms with Crippen molar-refractivity contribution in [3.05, 3.63) is 59.9 Å². The van der Waals surface area contributed by atoms with Crippen molar-refractivity contribution in [3.63, 3.8) is 0 Å². The number of rotatable bonds is 3. The highest BCUT2D eigenvalue weighted by atomic mass is 19.1. The summed E-state index contributed by atoms with van der Waals surface area (Å²) in [5, 5.41) is 0. The van der Waals surface area contributed by atoms with E-state index in [1.807, 2.05) is 11.0 Å². The van der Waals surface area contributed by atoms with Crippen molar-refractivity contribution >= 4 is 23.2 Å². The van der Waals surface area contributed by atoms with Gasteiger partial charge in [-0.05, 0) is 36.8 Å². The molecule has 6 heteroatoms. The highest BCUT2D eigenvalue weighted by Crippen LogP contribution is 2.28. The second-order valence-electron chi connectivity index (χ2n) is 7.51. The molecule has 0 spiro atoms. The van der Waals surface area contributed by atoms with E-state index in [0.717, 1.165) is 13.1 Å². The molecule has 0 saturated carbocycles. The normalized spacial score (nSPS) is 20.0. The first-order valence-corrected chi connectivity index (χ1v) is 9.68. The first-order chi connectivity index (χ1) is 13.5. The number of carbonyl (C=O) groups excluding carboxylic acids is 2. The Morgan fingerprint density at radius 2 is 1.79 bits per heavy atom. The number of amides is 2. The lowest BCUT2D eigenvalue weighted by molar-refractivity contribution is -0.136. The Bertz CT molecular complexity index is 893. The molecule has 2 fully saturated rings. The molecule has 2 aliphatic rings. The molecule has 1 unspecified atom stereocenters. The number of aryl methyl sites for hydroxylation is 1. The zero-order valence-electron chi connectivity index (χ0n) is 16.0. The summed E-state index contributed by atoms with van der Waals surface area (Å²) >= 11 is 0. The molecule has 1 atom stereocenters. The summed E-state index contributed by atoms with van der Waals surface area (Å²) in [6.45, 7) is 5.13. The number of hydrogen-bond donors (Lipinski definition) is 0. The SMILES string of the molecule is Cc1cccc(N2CCN(C(=O)C3CC(=O)N(c4ccccc4F)C3)CC2)c1. The Morgan fingerprint density at radius 3 is 2.50 bits per heavy atom. The van der Waals surface area contributed by atoms with Gasteiger partial charge in [-0.25, -0.2) is 4.39 Å². The van der Waals surface area contributed by atoms with Crippen LogP contribution in [-0.4, -0.2) is 49.4 Å². The first kappa shape index (κ1) is 18.5. The third-order valence-electron chi connectivity index (χ3n) is 5.58. The number of hydrogen-bond acceptors (Lipinski definition) is 3. The molecule has 2 amide bonds. The molecule has 2 aliphatic heterocycles. The number of piperazine rings is 1. The fraction of sp³-hybridized carbons (Fsp3) is 0.364. The predicted molar refractivity (Wildman–Crippen MR) is 107 cm³/mol. The van der Waals surface area contributed by atoms with Crippen molar-refractivity contribution in [1.82, 2.24) is 4.90 Å². The zero-order valence-corrected chi connectivity index (χ0v) is 16.0. The third kappa shape index (κ3) is 3.59. The Morgan fingerprint density at radius 1 is 1.04 bits per heavy atom. The molecule has 5 nitrogen and oxygen atoms in total. The van der Waals surface area contributed by atoms with E-state index in [4.69, 9.17) is 0 Å². The van der Waals surface area contributed by atoms with Crippen molar-refractivity contribution in [2.24, 2.45) is 5.92 Å². The second kappa shape index (κ2) is 7.62. The van der Waals surface area contributed by atoms with Crippen molar-refractivity contribution in [3.8, 4) is 0 Å². The molecule has 2 aromatic rings. The summed E-state index contributed by atoms with van der Waals surface area (Å²) in [6.07, 6.45) is 0.144. The van der Waals surface area contributed by atoms with Gasteiger partial charge in [0.25, 0.3) is 0 Å². The predicted octanol–water partition coefficient (Wildman–Crippen LogP) is 2.84. The fourth-order valence-corrected chi connectivity index (χ4v) is 4.04. The number of carbonyl (C=O) groups is 2. The van der Waals surface area contributed by atoms with E-state index in [1.165, 1.54) is 22.2 Å². The maximum atomic E-state index is 14.0. The van der Waals surface area contributed by atoms with E-state index < -0.39 is 11.7 Å². The lowest BCUT2D eigenvalue weighted by Crippen LogP contribution is -2.50. The number of anilines is 2. The van der Waals surface area contributed by atoms with Gasteiger partial charge in [-0.2, -0.15) is 0 Å². The van der Waals surface area contributed by atoms with Crippen LogP contribution in [0.4, 0.5) is 15.8 Å². The monoisotopic (exact) mass is 381 g/mol. The van der Waals surface area contributed by atoms with Crippen molar-refractivity contribution in [1.29, 1.82) is 0 Å². The highest BCUT2D eigenvalue weighted by Gasteiger charge is 2.38. The first-order valence-electron chi connectivity index (χ1n) is 9.68. The fourth-order valence-electron chi connectivity index (χ4n) is 4.04. The Kier molecular flexibility index (Phi) is 5.03. The van der Waals surface area contributed by atoms with Crippen molar-refractivity contribution < 1.29 is 14.0 Å². The van der Waals surface area contributed by atoms with Gasteiger partial charge in [0, 0.05) is 44.8 Å². The van der Waals surface area contributed by atoms with Crippen LogP contribution in [0.15, 0.2) is 48.5 Å². The summed E-state index contributed by atoms with van der Waals surface area (Å²) in [5.41, 5.74) is 2.65. The quantitative estimate of drug-likeness (QED) is 0.821. The van der Waals surface area contributed by atoms with Crippen LogP contribution < -0.4 is 9.80 Å². The van der Waals surface area contributed by atoms with Crippen LogP contribution in [0.2, 0.25) is 0 Å². The van der Waals surface area contributed by atoms with Crippen LogP contribution in [0, 0.1) is 18.7 Å². The lowest BCUT2D eigenvalue weighted by Gasteiger charge is -2.37. The van der Waals surface area contributed by atoms with Crippen molar-refractivity contribution in [2.75, 3.05) is 42.5 Å². The molecule has 0 radical (unpaired) electrons. The van der Waals surface area contributed by atoms with Gasteiger partial charge in [0.1, 0.15) is 5.82 Å². The molecular weight excluding hydrogens is 357 g/mol. The van der Waals surface area contributed by atoms with E-state index in [2.05, 4.69) is 30.0 Å². The van der Waals surface area contributed by atoms with Crippen LogP contribution in [0.1, 0.15) is 12.0 Å². The van der Waals surface area contributed by atoms with Crippen LogP contribution in [0.25, 0.3) is 0 Å². The van der Waals surface area contributed by atoms with E-state index >= 15 is 0 Å². The topological polar surface area (TPSA) is 43.9 Å². The number of halogens is 1. The van der Waals surface area contributed by atoms with Gasteiger partial charge >= 0.3 is 0 Å². The van der Waals surface area contributed by atoms with Crippen LogP contribution in [-0.2, 0) is 9.59 Å². The van der Waals surface area contributed by atoms with E-state index in [9.17, 15) is 14.0 Å². The average Bonchev–Trinajstić information content (AvgIpc) is 3.09. The Balaban J connectivity index is 1.38. The maximum absolute atomic E-state index is 14.0. The largest absolute Gasteiger partial charge is 0.368 e. The summed E-state index contributed by atoms with van der Waals surface area (Å²) in [5.74, 6) is -1.04. The molecule has 0 aliphatic carbocycles. The van der Waals surface area contributed by atoms with Gasteiger partial charge < -0.3 is 14.7 Å². The molecular formula is C22H24FN3O2. The molecule has 146 valence electrons. The third-order valence-corrected chi connectivity index (χ3v) is 5.58. The van der Waals surface area contributed by atoms with Crippen LogP contribution in [0.3, 0.4) is 0 Å². The van der Waals surface area contributed by atoms with E-state index in [1.54, 1.807) is 18.2 Å². The van der Waals surface area contributed by atoms with Crippen LogP contribution >= 0.6 is 0 Å². The van der Waals surface area contributed by atoms with Crippen LogP contribution in [0.5, 0.6) is 0 Å². The molecule has 0 aromatic heterocycles. The standard InChI is InChI=1S/C22H24FN3O2/c1-16-5-4-6-18(13-16)24-9-11-25(12-10-24)22(28)17-14-21(27)26(15-17)20-8-3-2-7-19(20)23/h2-8,13,17H,9-12,14-15H2,1H3. The number of nitrogens with zero attached hydrogens (tertiary/aromatic N) is 3. The maximum Gasteiger partial charge on any atom is 0.228 e. The Hall–Kier alpha value is -2.89. The van der Waals surface area contributed by atoms with Crippen molar-refractivity contribution in [2.45, 2.75) is 13.3 Å². The lowest BCUT2D eigenvalue weighted by atomic mass is 10.1. The number of benzene rings is 2. The van der Waals surface area contributed by atoms with Gasteiger partial charge in [-0.3, -0.25) is 9.59 Å². The summed E-state index contributed by atoms with van der Waals surface area (Å²) < 4.78 is 14.0. The minimum absolute atomic E-state index is 0.00363. The van der Waals surface area contributed by atoms with Gasteiger partial charge in [0.2, 0.25) is 11.8 Å². The van der Waals surface area contributed by atoms with Gasteiger partial charge in [0.05, 0.1) is 11.6 Å². The molecule has 0 bridgehead atoms. The molecule has 2 heterocycles. The minimum atomic E-state index is -0.435. The summed E-state index contributed by atoms with van der Waals surface area (Å²) in [6, 6.07) is 14.6. The molecule has 28 heavy (non-hydrogen) atoms. The highest BCUT2D eigenvalue weighted by molar-refractivity contribution is 6.00. The second-order valence-corrected chi connectivity index (χ2v) is 7.51. The average molecular weight is 381 g/mol. The summed E-state index contributed by atoms with van der Waals surface area (Å²) in [4.78, 5) is 30.8. The smallest absolute Gasteiger partial charge is 0.228 e. The molecule has 0 N–H and O–H groups in total. The van der Waals surface area contributed by atoms with Gasteiger partial charge in [-0.15, -0.1) is 0 Å². The van der Waals surface area contributed by atoms with Gasteiger partial charge in [0.15, 0.2) is 0 Å². The van der Waals surface area contributed by atoms with E-state index in [-0.39, 0.29) is 30.5 Å². The molecule has 2 aromatic carbocycles. The minimum Gasteiger partial charge on any atom is -0.368 e. The zero-order chi connectivity index (χ0) is 19.7. The molecule has 4 rings (SSSR count). The van der Waals surface area contributed by atoms with Gasteiger partial charge in [-0.1, -0.05) is 24.3 Å².